The van der Waals surface area contributed by atoms with E-state index in [2.05, 4.69) is 56.7 Å². The molecule has 0 unspecified atom stereocenters. The van der Waals surface area contributed by atoms with Crippen molar-refractivity contribution in [2.24, 2.45) is 12.0 Å². The van der Waals surface area contributed by atoms with Crippen molar-refractivity contribution in [3.05, 3.63) is 46.2 Å². The van der Waals surface area contributed by atoms with Gasteiger partial charge >= 0.3 is 0 Å². The Balaban J connectivity index is 1.60. The highest BCUT2D eigenvalue weighted by molar-refractivity contribution is 7.09. The Hall–Kier alpha value is -2.19. The van der Waals surface area contributed by atoms with Crippen LogP contribution in [0.25, 0.3) is 0 Å². The molecule has 2 aromatic rings. The second kappa shape index (κ2) is 9.84. The summed E-state index contributed by atoms with van der Waals surface area (Å²) in [4.78, 5) is 8.54. The fraction of sp³-hybridized carbons (Fsp3) is 0.550. The number of piperidine rings is 1. The van der Waals surface area contributed by atoms with Crippen molar-refractivity contribution in [2.45, 2.75) is 45.8 Å². The van der Waals surface area contributed by atoms with Gasteiger partial charge in [-0.3, -0.25) is 4.90 Å². The van der Waals surface area contributed by atoms with Gasteiger partial charge in [0.25, 0.3) is 0 Å². The van der Waals surface area contributed by atoms with E-state index in [0.29, 0.717) is 12.6 Å². The normalized spacial score (nSPS) is 16.3. The van der Waals surface area contributed by atoms with Crippen LogP contribution in [0.1, 0.15) is 36.3 Å². The number of aryl methyl sites for hydroxylation is 1. The largest absolute Gasteiger partial charge is 0.354 e. The number of aliphatic imine (C=N–C) groups is 1. The Bertz CT molecular complexity index is 786. The number of guanidine groups is 1. The van der Waals surface area contributed by atoms with Crippen LogP contribution >= 0.6 is 11.3 Å². The van der Waals surface area contributed by atoms with E-state index in [4.69, 9.17) is 4.99 Å². The molecular weight excluding hydrogens is 370 g/mol. The van der Waals surface area contributed by atoms with Crippen molar-refractivity contribution in [1.82, 2.24) is 30.3 Å². The van der Waals surface area contributed by atoms with Gasteiger partial charge in [0.1, 0.15) is 12.4 Å². The first-order valence-electron chi connectivity index (χ1n) is 9.80. The van der Waals surface area contributed by atoms with E-state index < -0.39 is 0 Å². The summed E-state index contributed by atoms with van der Waals surface area (Å²) in [6.07, 6.45) is 2.21. The smallest absolute Gasteiger partial charge is 0.192 e. The Labute approximate surface area is 171 Å². The predicted octanol–water partition coefficient (Wildman–Crippen LogP) is 2.46. The maximum atomic E-state index is 4.78. The first kappa shape index (κ1) is 20.5. The molecule has 0 bridgehead atoms. The van der Waals surface area contributed by atoms with Crippen LogP contribution in [0.3, 0.4) is 0 Å². The molecule has 28 heavy (non-hydrogen) atoms. The molecule has 152 valence electrons. The summed E-state index contributed by atoms with van der Waals surface area (Å²) in [5, 5.41) is 17.5. The average molecular weight is 402 g/mol. The lowest BCUT2D eigenvalue weighted by molar-refractivity contribution is 0.221. The van der Waals surface area contributed by atoms with Crippen molar-refractivity contribution >= 4 is 17.3 Å². The number of nitrogens with zero attached hydrogens (tertiary/aromatic N) is 5. The van der Waals surface area contributed by atoms with E-state index in [0.717, 1.165) is 56.6 Å². The number of likely N-dealkylation sites (tertiary alicyclic amines) is 1. The molecule has 0 aliphatic carbocycles. The van der Waals surface area contributed by atoms with Crippen LogP contribution in [0, 0.1) is 6.92 Å². The minimum absolute atomic E-state index is 0.428. The fourth-order valence-electron chi connectivity index (χ4n) is 3.29. The molecule has 1 aliphatic rings. The van der Waals surface area contributed by atoms with Crippen molar-refractivity contribution < 1.29 is 0 Å². The Morgan fingerprint density at radius 1 is 1.36 bits per heavy atom. The first-order chi connectivity index (χ1) is 13.5. The number of nitrogens with one attached hydrogen (secondary N) is 2. The molecule has 0 atom stereocenters. The minimum atomic E-state index is 0.428. The number of hydrogen-bond donors (Lipinski definition) is 2. The first-order valence-corrected chi connectivity index (χ1v) is 10.7. The molecular formula is C20H31N7S. The monoisotopic (exact) mass is 401 g/mol. The summed E-state index contributed by atoms with van der Waals surface area (Å²) < 4.78 is 1.98. The molecule has 1 fully saturated rings. The van der Waals surface area contributed by atoms with E-state index in [9.17, 15) is 0 Å². The van der Waals surface area contributed by atoms with E-state index in [1.54, 1.807) is 11.3 Å². The fourth-order valence-corrected chi connectivity index (χ4v) is 3.93. The van der Waals surface area contributed by atoms with Crippen LogP contribution in [0.2, 0.25) is 0 Å². The van der Waals surface area contributed by atoms with Crippen LogP contribution in [0.15, 0.2) is 34.7 Å². The molecule has 0 amide bonds. The maximum Gasteiger partial charge on any atom is 0.192 e. The summed E-state index contributed by atoms with van der Waals surface area (Å²) in [6.45, 7) is 12.5. The highest BCUT2D eigenvalue weighted by atomic mass is 32.1. The molecule has 0 spiro atoms. The third kappa shape index (κ3) is 5.90. The Morgan fingerprint density at radius 2 is 2.14 bits per heavy atom. The van der Waals surface area contributed by atoms with E-state index in [1.807, 2.05) is 18.5 Å². The quantitative estimate of drug-likeness (QED) is 0.424. The van der Waals surface area contributed by atoms with Crippen LogP contribution in [0.5, 0.6) is 0 Å². The molecule has 3 heterocycles. The van der Waals surface area contributed by atoms with Gasteiger partial charge in [-0.2, -0.15) is 0 Å². The lowest BCUT2D eigenvalue weighted by Gasteiger charge is -2.33. The van der Waals surface area contributed by atoms with Crippen LogP contribution in [-0.2, 0) is 20.1 Å². The minimum Gasteiger partial charge on any atom is -0.354 e. The molecule has 2 aromatic heterocycles. The van der Waals surface area contributed by atoms with Gasteiger partial charge in [0, 0.05) is 37.6 Å². The van der Waals surface area contributed by atoms with Gasteiger partial charge in [0.05, 0.1) is 6.54 Å². The number of rotatable bonds is 7. The highest BCUT2D eigenvalue weighted by Gasteiger charge is 2.20. The number of aromatic nitrogens is 3. The molecule has 0 saturated carbocycles. The van der Waals surface area contributed by atoms with Crippen LogP contribution < -0.4 is 10.6 Å². The third-order valence-electron chi connectivity index (χ3n) is 4.99. The maximum absolute atomic E-state index is 4.78. The second-order valence-electron chi connectivity index (χ2n) is 7.47. The highest BCUT2D eigenvalue weighted by Crippen LogP contribution is 2.12. The second-order valence-corrected chi connectivity index (χ2v) is 8.50. The van der Waals surface area contributed by atoms with Crippen LogP contribution in [-0.4, -0.2) is 51.3 Å². The van der Waals surface area contributed by atoms with Gasteiger partial charge < -0.3 is 15.2 Å². The Morgan fingerprint density at radius 3 is 2.75 bits per heavy atom. The lowest BCUT2D eigenvalue weighted by atomic mass is 10.0. The molecule has 0 radical (unpaired) electrons. The molecule has 8 heteroatoms. The van der Waals surface area contributed by atoms with E-state index in [-0.39, 0.29) is 0 Å². The summed E-state index contributed by atoms with van der Waals surface area (Å²) in [5.41, 5.74) is 1.23. The van der Waals surface area contributed by atoms with Crippen molar-refractivity contribution in [3.8, 4) is 0 Å². The van der Waals surface area contributed by atoms with E-state index >= 15 is 0 Å². The zero-order chi connectivity index (χ0) is 19.9. The predicted molar refractivity (Wildman–Crippen MR) is 115 cm³/mol. The standard InChI is InChI=1S/C20H31N7S/c1-15(2)14-27-9-7-17(8-10-27)23-20(21-12-18-6-5-11-28-18)22-13-19-25-24-16(3)26(19)4/h5-6,11,17H,1,7-10,12-14H2,2-4H3,(H2,21,22,23). The molecule has 7 nitrogen and oxygen atoms in total. The van der Waals surface area contributed by atoms with Gasteiger partial charge in [-0.1, -0.05) is 18.2 Å². The van der Waals surface area contributed by atoms with Crippen molar-refractivity contribution in [3.63, 3.8) is 0 Å². The van der Waals surface area contributed by atoms with Gasteiger partial charge in [-0.25, -0.2) is 4.99 Å². The SMILES string of the molecule is C=C(C)CN1CCC(NC(=NCc2nnc(C)n2C)NCc2cccs2)CC1. The number of hydrogen-bond acceptors (Lipinski definition) is 5. The number of thiophene rings is 1. The molecule has 1 saturated heterocycles. The molecule has 2 N–H and O–H groups in total. The van der Waals surface area contributed by atoms with Gasteiger partial charge in [0.2, 0.25) is 0 Å². The summed E-state index contributed by atoms with van der Waals surface area (Å²) in [5.74, 6) is 2.61. The Kier molecular flexibility index (Phi) is 7.22. The molecule has 0 aromatic carbocycles. The zero-order valence-corrected chi connectivity index (χ0v) is 17.9. The topological polar surface area (TPSA) is 70.4 Å². The van der Waals surface area contributed by atoms with E-state index in [1.165, 1.54) is 10.5 Å². The summed E-state index contributed by atoms with van der Waals surface area (Å²) >= 11 is 1.75. The van der Waals surface area contributed by atoms with Gasteiger partial charge in [0.15, 0.2) is 11.8 Å². The van der Waals surface area contributed by atoms with Gasteiger partial charge in [-0.05, 0) is 38.1 Å². The van der Waals surface area contributed by atoms with Crippen molar-refractivity contribution in [1.29, 1.82) is 0 Å². The summed E-state index contributed by atoms with van der Waals surface area (Å²) in [7, 11) is 1.98. The summed E-state index contributed by atoms with van der Waals surface area (Å²) in [6, 6.07) is 4.64. The lowest BCUT2D eigenvalue weighted by Crippen LogP contribution is -2.48. The van der Waals surface area contributed by atoms with Gasteiger partial charge in [-0.15, -0.1) is 21.5 Å². The molecule has 1 aliphatic heterocycles. The average Bonchev–Trinajstić information content (AvgIpc) is 3.30. The van der Waals surface area contributed by atoms with Crippen molar-refractivity contribution in [2.75, 3.05) is 19.6 Å². The third-order valence-corrected chi connectivity index (χ3v) is 5.87. The zero-order valence-electron chi connectivity index (χ0n) is 17.1. The van der Waals surface area contributed by atoms with Crippen LogP contribution in [0.4, 0.5) is 0 Å². The molecule has 3 rings (SSSR count).